The van der Waals surface area contributed by atoms with Gasteiger partial charge in [0.25, 0.3) is 5.91 Å². The van der Waals surface area contributed by atoms with E-state index >= 15 is 0 Å². The van der Waals surface area contributed by atoms with Gasteiger partial charge in [0.1, 0.15) is 0 Å². The van der Waals surface area contributed by atoms with Crippen LogP contribution >= 0.6 is 11.6 Å². The van der Waals surface area contributed by atoms with Crippen LogP contribution in [-0.2, 0) is 4.79 Å². The molecule has 0 atom stereocenters. The SMILES string of the molecule is Cc1ccccc1C(=O)Nc1ccc(N2CCN(C(=O)C(C)C)CC2)c(Cl)c1. The number of hydrogen-bond acceptors (Lipinski definition) is 3. The molecule has 0 unspecified atom stereocenters. The number of nitrogens with one attached hydrogen (secondary N) is 1. The average molecular weight is 400 g/mol. The van der Waals surface area contributed by atoms with E-state index in [2.05, 4.69) is 10.2 Å². The van der Waals surface area contributed by atoms with Crippen molar-refractivity contribution in [2.24, 2.45) is 5.92 Å². The molecule has 2 amide bonds. The summed E-state index contributed by atoms with van der Waals surface area (Å²) in [7, 11) is 0. The summed E-state index contributed by atoms with van der Waals surface area (Å²) in [6, 6.07) is 13.0. The minimum Gasteiger partial charge on any atom is -0.367 e. The molecule has 148 valence electrons. The molecule has 3 rings (SSSR count). The van der Waals surface area contributed by atoms with Crippen molar-refractivity contribution in [3.63, 3.8) is 0 Å². The first-order chi connectivity index (χ1) is 13.4. The Labute approximate surface area is 171 Å². The molecule has 0 radical (unpaired) electrons. The summed E-state index contributed by atoms with van der Waals surface area (Å²) in [5.74, 6) is 0.0639. The third kappa shape index (κ3) is 4.47. The molecule has 28 heavy (non-hydrogen) atoms. The number of rotatable bonds is 4. The van der Waals surface area contributed by atoms with Crippen LogP contribution in [0.5, 0.6) is 0 Å². The first-order valence-electron chi connectivity index (χ1n) is 9.57. The number of benzene rings is 2. The van der Waals surface area contributed by atoms with Gasteiger partial charge in [0.2, 0.25) is 5.91 Å². The van der Waals surface area contributed by atoms with Gasteiger partial charge in [-0.1, -0.05) is 43.6 Å². The lowest BCUT2D eigenvalue weighted by atomic mass is 10.1. The molecule has 5 nitrogen and oxygen atoms in total. The van der Waals surface area contributed by atoms with Gasteiger partial charge in [-0.05, 0) is 36.8 Å². The Bertz CT molecular complexity index is 874. The summed E-state index contributed by atoms with van der Waals surface area (Å²) >= 11 is 6.50. The second-order valence-electron chi connectivity index (χ2n) is 7.40. The van der Waals surface area contributed by atoms with Crippen LogP contribution in [0, 0.1) is 12.8 Å². The lowest BCUT2D eigenvalue weighted by molar-refractivity contribution is -0.134. The number of nitrogens with zero attached hydrogens (tertiary/aromatic N) is 2. The minimum absolute atomic E-state index is 0.0197. The molecule has 1 aliphatic rings. The van der Waals surface area contributed by atoms with Crippen LogP contribution in [-0.4, -0.2) is 42.9 Å². The molecule has 0 spiro atoms. The van der Waals surface area contributed by atoms with E-state index in [-0.39, 0.29) is 17.7 Å². The Morgan fingerprint density at radius 1 is 1.04 bits per heavy atom. The van der Waals surface area contributed by atoms with Gasteiger partial charge >= 0.3 is 0 Å². The van der Waals surface area contributed by atoms with Gasteiger partial charge in [-0.3, -0.25) is 9.59 Å². The van der Waals surface area contributed by atoms with Gasteiger partial charge < -0.3 is 15.1 Å². The second kappa shape index (κ2) is 8.65. The fourth-order valence-corrected chi connectivity index (χ4v) is 3.70. The van der Waals surface area contributed by atoms with Gasteiger partial charge in [0.15, 0.2) is 0 Å². The standard InChI is InChI=1S/C22H26ClN3O2/c1-15(2)22(28)26-12-10-25(11-13-26)20-9-8-17(14-19(20)23)24-21(27)18-7-5-4-6-16(18)3/h4-9,14-15H,10-13H2,1-3H3,(H,24,27). The number of carbonyl (C=O) groups excluding carboxylic acids is 2. The molecule has 0 aliphatic carbocycles. The van der Waals surface area contributed by atoms with Gasteiger partial charge in [-0.15, -0.1) is 0 Å². The maximum Gasteiger partial charge on any atom is 0.255 e. The van der Waals surface area contributed by atoms with Crippen molar-refractivity contribution >= 4 is 34.8 Å². The van der Waals surface area contributed by atoms with Crippen LogP contribution < -0.4 is 10.2 Å². The molecule has 1 fully saturated rings. The van der Waals surface area contributed by atoms with Crippen molar-refractivity contribution in [1.82, 2.24) is 4.90 Å². The fourth-order valence-electron chi connectivity index (χ4n) is 3.40. The largest absolute Gasteiger partial charge is 0.367 e. The average Bonchev–Trinajstić information content (AvgIpc) is 2.68. The Kier molecular flexibility index (Phi) is 6.25. The highest BCUT2D eigenvalue weighted by Gasteiger charge is 2.24. The Hall–Kier alpha value is -2.53. The number of aryl methyl sites for hydroxylation is 1. The number of amides is 2. The van der Waals surface area contributed by atoms with Crippen LogP contribution in [0.2, 0.25) is 5.02 Å². The smallest absolute Gasteiger partial charge is 0.255 e. The third-order valence-corrected chi connectivity index (χ3v) is 5.32. The van der Waals surface area contributed by atoms with E-state index in [0.29, 0.717) is 29.4 Å². The van der Waals surface area contributed by atoms with Crippen molar-refractivity contribution < 1.29 is 9.59 Å². The topological polar surface area (TPSA) is 52.7 Å². The van der Waals surface area contributed by atoms with Crippen LogP contribution in [0.25, 0.3) is 0 Å². The lowest BCUT2D eigenvalue weighted by Crippen LogP contribution is -2.50. The van der Waals surface area contributed by atoms with E-state index in [4.69, 9.17) is 11.6 Å². The number of carbonyl (C=O) groups is 2. The molecule has 2 aromatic rings. The van der Waals surface area contributed by atoms with Gasteiger partial charge in [0.05, 0.1) is 10.7 Å². The van der Waals surface area contributed by atoms with E-state index in [1.807, 2.05) is 56.0 Å². The summed E-state index contributed by atoms with van der Waals surface area (Å²) in [5.41, 5.74) is 3.16. The normalized spacial score (nSPS) is 14.3. The second-order valence-corrected chi connectivity index (χ2v) is 7.81. The molecule has 0 bridgehead atoms. The van der Waals surface area contributed by atoms with Crippen LogP contribution in [0.1, 0.15) is 29.8 Å². The summed E-state index contributed by atoms with van der Waals surface area (Å²) < 4.78 is 0. The molecule has 1 N–H and O–H groups in total. The van der Waals surface area contributed by atoms with E-state index in [1.165, 1.54) is 0 Å². The maximum absolute atomic E-state index is 12.5. The summed E-state index contributed by atoms with van der Waals surface area (Å²) in [6.07, 6.45) is 0. The minimum atomic E-state index is -0.150. The van der Waals surface area contributed by atoms with Crippen molar-refractivity contribution in [2.45, 2.75) is 20.8 Å². The molecule has 2 aromatic carbocycles. The first kappa shape index (κ1) is 20.2. The molecule has 0 aromatic heterocycles. The van der Waals surface area contributed by atoms with Crippen LogP contribution in [0.15, 0.2) is 42.5 Å². The summed E-state index contributed by atoms with van der Waals surface area (Å²) in [5, 5.41) is 3.50. The molecule has 6 heteroatoms. The molecule has 1 aliphatic heterocycles. The molecule has 1 saturated heterocycles. The fraction of sp³-hybridized carbons (Fsp3) is 0.364. The van der Waals surface area contributed by atoms with E-state index in [0.717, 1.165) is 24.3 Å². The highest BCUT2D eigenvalue weighted by molar-refractivity contribution is 6.33. The number of anilines is 2. The maximum atomic E-state index is 12.5. The number of hydrogen-bond donors (Lipinski definition) is 1. The van der Waals surface area contributed by atoms with Crippen molar-refractivity contribution in [3.8, 4) is 0 Å². The van der Waals surface area contributed by atoms with Crippen LogP contribution in [0.4, 0.5) is 11.4 Å². The molecular formula is C22H26ClN3O2. The predicted octanol–water partition coefficient (Wildman–Crippen LogP) is 4.21. The van der Waals surface area contributed by atoms with Gasteiger partial charge in [0, 0.05) is 43.3 Å². The highest BCUT2D eigenvalue weighted by Crippen LogP contribution is 2.30. The van der Waals surface area contributed by atoms with E-state index < -0.39 is 0 Å². The van der Waals surface area contributed by atoms with E-state index in [9.17, 15) is 9.59 Å². The quantitative estimate of drug-likeness (QED) is 0.838. The monoisotopic (exact) mass is 399 g/mol. The van der Waals surface area contributed by atoms with Crippen molar-refractivity contribution in [2.75, 3.05) is 36.4 Å². The van der Waals surface area contributed by atoms with E-state index in [1.54, 1.807) is 12.1 Å². The predicted molar refractivity (Wildman–Crippen MR) is 114 cm³/mol. The Morgan fingerprint density at radius 2 is 1.71 bits per heavy atom. The lowest BCUT2D eigenvalue weighted by Gasteiger charge is -2.37. The van der Waals surface area contributed by atoms with Gasteiger partial charge in [-0.2, -0.15) is 0 Å². The molecule has 0 saturated carbocycles. The third-order valence-electron chi connectivity index (χ3n) is 5.02. The van der Waals surface area contributed by atoms with Gasteiger partial charge in [-0.25, -0.2) is 0 Å². The van der Waals surface area contributed by atoms with Crippen molar-refractivity contribution in [3.05, 3.63) is 58.6 Å². The number of piperazine rings is 1. The Balaban J connectivity index is 1.66. The molecule has 1 heterocycles. The Morgan fingerprint density at radius 3 is 2.32 bits per heavy atom. The zero-order valence-electron chi connectivity index (χ0n) is 16.5. The first-order valence-corrected chi connectivity index (χ1v) is 9.95. The molecular weight excluding hydrogens is 374 g/mol. The van der Waals surface area contributed by atoms with Crippen LogP contribution in [0.3, 0.4) is 0 Å². The zero-order valence-corrected chi connectivity index (χ0v) is 17.3. The van der Waals surface area contributed by atoms with Crippen molar-refractivity contribution in [1.29, 1.82) is 0 Å². The summed E-state index contributed by atoms with van der Waals surface area (Å²) in [4.78, 5) is 28.7. The number of halogens is 1. The highest BCUT2D eigenvalue weighted by atomic mass is 35.5. The summed E-state index contributed by atoms with van der Waals surface area (Å²) in [6.45, 7) is 8.64. The zero-order chi connectivity index (χ0) is 20.3.